The molecule has 0 aliphatic carbocycles. The van der Waals surface area contributed by atoms with Gasteiger partial charge in [0, 0.05) is 11.5 Å². The van der Waals surface area contributed by atoms with Crippen molar-refractivity contribution >= 4 is 5.97 Å². The number of alkyl halides is 3. The maximum Gasteiger partial charge on any atom is 0.422 e. The molecule has 0 radical (unpaired) electrons. The molecule has 0 atom stereocenters. The molecule has 0 aliphatic rings. The smallest absolute Gasteiger partial charge is 0.422 e. The SMILES string of the molecule is COC(=O)C#Cc1ccc(OCC(F)(F)F)cc1. The zero-order valence-electron chi connectivity index (χ0n) is 9.38. The van der Waals surface area contributed by atoms with Crippen LogP contribution in [0.15, 0.2) is 24.3 Å². The van der Waals surface area contributed by atoms with E-state index in [0.717, 1.165) is 0 Å². The molecule has 96 valence electrons. The van der Waals surface area contributed by atoms with Gasteiger partial charge in [-0.15, -0.1) is 0 Å². The highest BCUT2D eigenvalue weighted by atomic mass is 19.4. The fourth-order valence-corrected chi connectivity index (χ4v) is 0.974. The van der Waals surface area contributed by atoms with E-state index in [2.05, 4.69) is 21.3 Å². The van der Waals surface area contributed by atoms with Crippen LogP contribution in [0.4, 0.5) is 13.2 Å². The molecule has 0 saturated heterocycles. The topological polar surface area (TPSA) is 35.5 Å². The third-order valence-electron chi connectivity index (χ3n) is 1.75. The number of esters is 1. The highest BCUT2D eigenvalue weighted by Gasteiger charge is 2.28. The lowest BCUT2D eigenvalue weighted by Crippen LogP contribution is -2.19. The molecular formula is C12H9F3O3. The van der Waals surface area contributed by atoms with Crippen LogP contribution in [0.5, 0.6) is 5.75 Å². The largest absolute Gasteiger partial charge is 0.484 e. The van der Waals surface area contributed by atoms with Gasteiger partial charge >= 0.3 is 12.1 Å². The molecule has 0 unspecified atom stereocenters. The summed E-state index contributed by atoms with van der Waals surface area (Å²) in [7, 11) is 1.20. The molecule has 0 amide bonds. The summed E-state index contributed by atoms with van der Waals surface area (Å²) >= 11 is 0. The number of hydrogen-bond donors (Lipinski definition) is 0. The summed E-state index contributed by atoms with van der Waals surface area (Å²) in [5.74, 6) is 4.08. The summed E-state index contributed by atoms with van der Waals surface area (Å²) in [5.41, 5.74) is 0.472. The second-order valence-corrected chi connectivity index (χ2v) is 3.17. The molecule has 18 heavy (non-hydrogen) atoms. The van der Waals surface area contributed by atoms with Gasteiger partial charge in [-0.2, -0.15) is 13.2 Å². The Bertz CT molecular complexity index is 466. The first-order chi connectivity index (χ1) is 8.40. The summed E-state index contributed by atoms with van der Waals surface area (Å²) in [6.07, 6.45) is -4.37. The molecule has 0 aromatic heterocycles. The predicted octanol–water partition coefficient (Wildman–Crippen LogP) is 2.15. The van der Waals surface area contributed by atoms with E-state index in [1.165, 1.54) is 31.4 Å². The van der Waals surface area contributed by atoms with Crippen LogP contribution in [0.25, 0.3) is 0 Å². The molecule has 1 aromatic carbocycles. The fourth-order valence-electron chi connectivity index (χ4n) is 0.974. The van der Waals surface area contributed by atoms with Crippen LogP contribution in [0.3, 0.4) is 0 Å². The van der Waals surface area contributed by atoms with E-state index in [9.17, 15) is 18.0 Å². The average Bonchev–Trinajstić information content (AvgIpc) is 2.33. The minimum absolute atomic E-state index is 0.0796. The average molecular weight is 258 g/mol. The number of halogens is 3. The van der Waals surface area contributed by atoms with Crippen molar-refractivity contribution in [1.29, 1.82) is 0 Å². The monoisotopic (exact) mass is 258 g/mol. The first kappa shape index (κ1) is 13.9. The third-order valence-corrected chi connectivity index (χ3v) is 1.75. The van der Waals surface area contributed by atoms with Gasteiger partial charge in [-0.3, -0.25) is 0 Å². The van der Waals surface area contributed by atoms with Crippen LogP contribution >= 0.6 is 0 Å². The van der Waals surface area contributed by atoms with E-state index in [0.29, 0.717) is 5.56 Å². The normalized spacial score (nSPS) is 10.2. The van der Waals surface area contributed by atoms with Crippen molar-refractivity contribution in [2.75, 3.05) is 13.7 Å². The van der Waals surface area contributed by atoms with Crippen LogP contribution in [0.2, 0.25) is 0 Å². The highest BCUT2D eigenvalue weighted by Crippen LogP contribution is 2.18. The fraction of sp³-hybridized carbons (Fsp3) is 0.250. The Morgan fingerprint density at radius 3 is 2.39 bits per heavy atom. The van der Waals surface area contributed by atoms with E-state index >= 15 is 0 Å². The maximum absolute atomic E-state index is 11.9. The predicted molar refractivity (Wildman–Crippen MR) is 56.9 cm³/mol. The Morgan fingerprint density at radius 1 is 1.28 bits per heavy atom. The van der Waals surface area contributed by atoms with Crippen molar-refractivity contribution in [3.05, 3.63) is 29.8 Å². The second kappa shape index (κ2) is 5.96. The Hall–Kier alpha value is -2.16. The molecule has 0 spiro atoms. The Morgan fingerprint density at radius 2 is 1.89 bits per heavy atom. The summed E-state index contributed by atoms with van der Waals surface area (Å²) in [4.78, 5) is 10.7. The van der Waals surface area contributed by atoms with Gasteiger partial charge in [-0.1, -0.05) is 5.92 Å². The first-order valence-corrected chi connectivity index (χ1v) is 4.80. The number of methoxy groups -OCH3 is 1. The van der Waals surface area contributed by atoms with Crippen molar-refractivity contribution < 1.29 is 27.4 Å². The molecule has 0 saturated carbocycles. The zero-order chi connectivity index (χ0) is 13.6. The molecule has 0 N–H and O–H groups in total. The van der Waals surface area contributed by atoms with E-state index in [4.69, 9.17) is 0 Å². The quantitative estimate of drug-likeness (QED) is 0.602. The minimum atomic E-state index is -4.37. The van der Waals surface area contributed by atoms with Crippen molar-refractivity contribution in [3.8, 4) is 17.6 Å². The molecule has 6 heteroatoms. The van der Waals surface area contributed by atoms with Crippen LogP contribution in [0, 0.1) is 11.8 Å². The molecule has 0 aliphatic heterocycles. The number of benzene rings is 1. The minimum Gasteiger partial charge on any atom is -0.484 e. The maximum atomic E-state index is 11.9. The number of rotatable bonds is 2. The number of carbonyl (C=O) groups is 1. The van der Waals surface area contributed by atoms with E-state index in [1.807, 2.05) is 0 Å². The van der Waals surface area contributed by atoms with Gasteiger partial charge in [0.1, 0.15) is 5.75 Å². The Labute approximate surface area is 102 Å². The first-order valence-electron chi connectivity index (χ1n) is 4.80. The van der Waals surface area contributed by atoms with Crippen LogP contribution in [-0.2, 0) is 9.53 Å². The van der Waals surface area contributed by atoms with Crippen molar-refractivity contribution in [3.63, 3.8) is 0 Å². The van der Waals surface area contributed by atoms with E-state index in [1.54, 1.807) is 0 Å². The molecular weight excluding hydrogens is 249 g/mol. The van der Waals surface area contributed by atoms with Gasteiger partial charge in [0.2, 0.25) is 0 Å². The van der Waals surface area contributed by atoms with Gasteiger partial charge in [-0.05, 0) is 24.3 Å². The lowest BCUT2D eigenvalue weighted by Gasteiger charge is -2.08. The molecule has 0 heterocycles. The van der Waals surface area contributed by atoms with Gasteiger partial charge < -0.3 is 9.47 Å². The van der Waals surface area contributed by atoms with Crippen molar-refractivity contribution in [2.24, 2.45) is 0 Å². The van der Waals surface area contributed by atoms with Gasteiger partial charge in [-0.25, -0.2) is 4.79 Å². The van der Waals surface area contributed by atoms with Gasteiger partial charge in [0.05, 0.1) is 7.11 Å². The van der Waals surface area contributed by atoms with Crippen molar-refractivity contribution in [2.45, 2.75) is 6.18 Å². The van der Waals surface area contributed by atoms with E-state index < -0.39 is 18.8 Å². The summed E-state index contributed by atoms with van der Waals surface area (Å²) in [6, 6.07) is 5.57. The van der Waals surface area contributed by atoms with E-state index in [-0.39, 0.29) is 5.75 Å². The summed E-state index contributed by atoms with van der Waals surface area (Å²) < 4.78 is 44.4. The van der Waals surface area contributed by atoms with Crippen LogP contribution in [-0.4, -0.2) is 25.9 Å². The summed E-state index contributed by atoms with van der Waals surface area (Å²) in [5, 5.41) is 0. The lowest BCUT2D eigenvalue weighted by atomic mass is 10.2. The lowest BCUT2D eigenvalue weighted by molar-refractivity contribution is -0.153. The Kier molecular flexibility index (Phi) is 4.60. The zero-order valence-corrected chi connectivity index (χ0v) is 9.38. The third kappa shape index (κ3) is 5.25. The molecule has 0 fully saturated rings. The highest BCUT2D eigenvalue weighted by molar-refractivity contribution is 5.88. The summed E-state index contributed by atoms with van der Waals surface area (Å²) in [6.45, 7) is -1.35. The van der Waals surface area contributed by atoms with Crippen molar-refractivity contribution in [1.82, 2.24) is 0 Å². The van der Waals surface area contributed by atoms with Gasteiger partial charge in [0.25, 0.3) is 0 Å². The van der Waals surface area contributed by atoms with Crippen LogP contribution < -0.4 is 4.74 Å². The molecule has 3 nitrogen and oxygen atoms in total. The second-order valence-electron chi connectivity index (χ2n) is 3.17. The number of hydrogen-bond acceptors (Lipinski definition) is 3. The van der Waals surface area contributed by atoms with Gasteiger partial charge in [0.15, 0.2) is 6.61 Å². The standard InChI is InChI=1S/C12H9F3O3/c1-17-11(16)7-4-9-2-5-10(6-3-9)18-8-12(13,14)15/h2-3,5-6H,8H2,1H3. The molecule has 1 aromatic rings. The Balaban J connectivity index is 2.62. The number of carbonyl (C=O) groups excluding carboxylic acids is 1. The molecule has 1 rings (SSSR count). The molecule has 0 bridgehead atoms. The van der Waals surface area contributed by atoms with Crippen LogP contribution in [0.1, 0.15) is 5.56 Å². The number of ether oxygens (including phenoxy) is 2.